The highest BCUT2D eigenvalue weighted by Crippen LogP contribution is 2.21. The molecule has 0 aliphatic carbocycles. The predicted octanol–water partition coefficient (Wildman–Crippen LogP) is 3.83. The van der Waals surface area contributed by atoms with Crippen LogP contribution in [0.1, 0.15) is 5.56 Å². The fraction of sp³-hybridized carbons (Fsp3) is 0.0833. The number of hydrogen-bond donors (Lipinski definition) is 2. The monoisotopic (exact) mass is 329 g/mol. The first-order valence-corrected chi connectivity index (χ1v) is 6.33. The van der Waals surface area contributed by atoms with Crippen LogP contribution in [0.25, 0.3) is 0 Å². The van der Waals surface area contributed by atoms with E-state index < -0.39 is 0 Å². The summed E-state index contributed by atoms with van der Waals surface area (Å²) in [7, 11) is 0. The first-order chi connectivity index (χ1) is 8.56. The largest absolute Gasteiger partial charge is 0.396 e. The number of hydrogen-bond acceptors (Lipinski definition) is 3. The fourth-order valence-corrected chi connectivity index (χ4v) is 2.00. The Morgan fingerprint density at radius 3 is 2.89 bits per heavy atom. The van der Waals surface area contributed by atoms with Gasteiger partial charge in [0.25, 0.3) is 0 Å². The molecule has 0 aliphatic rings. The highest BCUT2D eigenvalue weighted by Gasteiger charge is 2.05. The van der Waals surface area contributed by atoms with Crippen LogP contribution in [0.15, 0.2) is 34.8 Å². The number of anilines is 2. The number of nitrogens with one attached hydrogen (secondary N) is 1. The topological polar surface area (TPSA) is 50.9 Å². The first-order valence-electron chi connectivity index (χ1n) is 5.16. The van der Waals surface area contributed by atoms with E-state index in [-0.39, 0.29) is 12.4 Å². The van der Waals surface area contributed by atoms with E-state index >= 15 is 0 Å². The molecule has 0 unspecified atom stereocenters. The van der Waals surface area contributed by atoms with Crippen LogP contribution < -0.4 is 11.1 Å². The van der Waals surface area contributed by atoms with E-state index in [4.69, 9.17) is 17.3 Å². The Labute approximate surface area is 117 Å². The predicted molar refractivity (Wildman–Crippen MR) is 75.1 cm³/mol. The number of halogens is 3. The van der Waals surface area contributed by atoms with Crippen molar-refractivity contribution in [2.24, 2.45) is 0 Å². The summed E-state index contributed by atoms with van der Waals surface area (Å²) >= 11 is 9.06. The average molecular weight is 331 g/mol. The van der Waals surface area contributed by atoms with Gasteiger partial charge in [-0.05, 0) is 30.3 Å². The standard InChI is InChI=1S/C12H10BrClFN3/c13-8-1-2-9(15)7(5-8)6-17-12-10(16)3-4-11(14)18-12/h1-5H,6,16H2,(H,17,18). The molecule has 1 aromatic heterocycles. The summed E-state index contributed by atoms with van der Waals surface area (Å²) in [6.45, 7) is 0.281. The van der Waals surface area contributed by atoms with Gasteiger partial charge in [0.2, 0.25) is 0 Å². The summed E-state index contributed by atoms with van der Waals surface area (Å²) in [5, 5.41) is 3.29. The Morgan fingerprint density at radius 1 is 1.33 bits per heavy atom. The summed E-state index contributed by atoms with van der Waals surface area (Å²) in [5.41, 5.74) is 6.72. The maximum Gasteiger partial charge on any atom is 0.151 e. The summed E-state index contributed by atoms with van der Waals surface area (Å²) in [4.78, 5) is 4.04. The van der Waals surface area contributed by atoms with Gasteiger partial charge in [-0.15, -0.1) is 0 Å². The minimum absolute atomic E-state index is 0.281. The van der Waals surface area contributed by atoms with Crippen molar-refractivity contribution in [2.45, 2.75) is 6.54 Å². The van der Waals surface area contributed by atoms with E-state index in [1.54, 1.807) is 24.3 Å². The third-order valence-electron chi connectivity index (χ3n) is 2.35. The molecule has 18 heavy (non-hydrogen) atoms. The van der Waals surface area contributed by atoms with Gasteiger partial charge in [0.1, 0.15) is 11.0 Å². The van der Waals surface area contributed by atoms with E-state index in [0.29, 0.717) is 22.2 Å². The Kier molecular flexibility index (Phi) is 4.04. The number of rotatable bonds is 3. The number of nitrogens with zero attached hydrogens (tertiary/aromatic N) is 1. The van der Waals surface area contributed by atoms with Crippen molar-refractivity contribution < 1.29 is 4.39 Å². The number of pyridine rings is 1. The van der Waals surface area contributed by atoms with Gasteiger partial charge in [0.15, 0.2) is 5.82 Å². The van der Waals surface area contributed by atoms with E-state index in [2.05, 4.69) is 26.2 Å². The second-order valence-corrected chi connectivity index (χ2v) is 4.96. The van der Waals surface area contributed by atoms with Crippen LogP contribution in [0.5, 0.6) is 0 Å². The maximum absolute atomic E-state index is 13.5. The minimum atomic E-state index is -0.286. The highest BCUT2D eigenvalue weighted by atomic mass is 79.9. The Balaban J connectivity index is 2.16. The van der Waals surface area contributed by atoms with E-state index in [0.717, 1.165) is 4.47 Å². The lowest BCUT2D eigenvalue weighted by molar-refractivity contribution is 0.612. The molecule has 1 heterocycles. The molecule has 3 N–H and O–H groups in total. The second-order valence-electron chi connectivity index (χ2n) is 3.66. The number of aromatic nitrogens is 1. The molecule has 1 aromatic carbocycles. The lowest BCUT2D eigenvalue weighted by atomic mass is 10.2. The maximum atomic E-state index is 13.5. The average Bonchev–Trinajstić information content (AvgIpc) is 2.34. The fourth-order valence-electron chi connectivity index (χ4n) is 1.45. The third-order valence-corrected chi connectivity index (χ3v) is 3.05. The molecular weight excluding hydrogens is 321 g/mol. The van der Waals surface area contributed by atoms with Crippen LogP contribution in [-0.2, 0) is 6.54 Å². The van der Waals surface area contributed by atoms with Gasteiger partial charge in [-0.3, -0.25) is 0 Å². The smallest absolute Gasteiger partial charge is 0.151 e. The summed E-state index contributed by atoms with van der Waals surface area (Å²) in [5.74, 6) is 0.160. The quantitative estimate of drug-likeness (QED) is 0.841. The third kappa shape index (κ3) is 3.11. The molecule has 2 rings (SSSR count). The van der Waals surface area contributed by atoms with Gasteiger partial charge in [-0.1, -0.05) is 27.5 Å². The van der Waals surface area contributed by atoms with Crippen LogP contribution in [0.4, 0.5) is 15.9 Å². The van der Waals surface area contributed by atoms with Crippen molar-refractivity contribution in [3.05, 3.63) is 51.3 Å². The Bertz CT molecular complexity index is 526. The van der Waals surface area contributed by atoms with Crippen LogP contribution in [0.2, 0.25) is 5.15 Å². The Morgan fingerprint density at radius 2 is 2.11 bits per heavy atom. The zero-order valence-corrected chi connectivity index (χ0v) is 11.6. The van der Waals surface area contributed by atoms with Crippen molar-refractivity contribution in [3.8, 4) is 0 Å². The van der Waals surface area contributed by atoms with Gasteiger partial charge >= 0.3 is 0 Å². The molecule has 3 nitrogen and oxygen atoms in total. The molecule has 0 atom stereocenters. The van der Waals surface area contributed by atoms with Crippen molar-refractivity contribution in [3.63, 3.8) is 0 Å². The van der Waals surface area contributed by atoms with Crippen LogP contribution in [0, 0.1) is 5.82 Å². The zero-order chi connectivity index (χ0) is 13.1. The number of nitrogens with two attached hydrogens (primary N) is 1. The highest BCUT2D eigenvalue weighted by molar-refractivity contribution is 9.10. The van der Waals surface area contributed by atoms with Gasteiger partial charge in [0.05, 0.1) is 5.69 Å². The minimum Gasteiger partial charge on any atom is -0.396 e. The van der Waals surface area contributed by atoms with E-state index in [1.165, 1.54) is 6.07 Å². The SMILES string of the molecule is Nc1ccc(Cl)nc1NCc1cc(Br)ccc1F. The van der Waals surface area contributed by atoms with Gasteiger partial charge < -0.3 is 11.1 Å². The molecule has 94 valence electrons. The molecule has 0 fully saturated rings. The molecular formula is C12H10BrClFN3. The molecule has 6 heteroatoms. The first kappa shape index (κ1) is 13.1. The molecule has 0 saturated heterocycles. The van der Waals surface area contributed by atoms with Gasteiger partial charge in [-0.25, -0.2) is 9.37 Å². The number of nitrogen functional groups attached to an aromatic ring is 1. The lowest BCUT2D eigenvalue weighted by Gasteiger charge is -2.09. The van der Waals surface area contributed by atoms with Crippen molar-refractivity contribution in [2.75, 3.05) is 11.1 Å². The van der Waals surface area contributed by atoms with Crippen LogP contribution >= 0.6 is 27.5 Å². The molecule has 2 aromatic rings. The van der Waals surface area contributed by atoms with Crippen LogP contribution in [-0.4, -0.2) is 4.98 Å². The molecule has 0 bridgehead atoms. The van der Waals surface area contributed by atoms with E-state index in [9.17, 15) is 4.39 Å². The van der Waals surface area contributed by atoms with Crippen molar-refractivity contribution in [1.29, 1.82) is 0 Å². The van der Waals surface area contributed by atoms with Crippen LogP contribution in [0.3, 0.4) is 0 Å². The summed E-state index contributed by atoms with van der Waals surface area (Å²) in [6.07, 6.45) is 0. The van der Waals surface area contributed by atoms with Gasteiger partial charge in [-0.2, -0.15) is 0 Å². The zero-order valence-electron chi connectivity index (χ0n) is 9.25. The summed E-state index contributed by atoms with van der Waals surface area (Å²) in [6, 6.07) is 7.99. The normalized spacial score (nSPS) is 10.4. The molecule has 0 spiro atoms. The molecule has 0 saturated carbocycles. The van der Waals surface area contributed by atoms with Crippen molar-refractivity contribution >= 4 is 39.0 Å². The van der Waals surface area contributed by atoms with E-state index in [1.807, 2.05) is 0 Å². The second kappa shape index (κ2) is 5.54. The molecule has 0 amide bonds. The van der Waals surface area contributed by atoms with Gasteiger partial charge in [0, 0.05) is 16.6 Å². The van der Waals surface area contributed by atoms with Crippen molar-refractivity contribution in [1.82, 2.24) is 4.98 Å². The Hall–Kier alpha value is -1.33. The number of benzene rings is 1. The summed E-state index contributed by atoms with van der Waals surface area (Å²) < 4.78 is 14.3. The molecule has 0 aliphatic heterocycles. The molecule has 0 radical (unpaired) electrons. The lowest BCUT2D eigenvalue weighted by Crippen LogP contribution is -2.06.